The zero-order valence-electron chi connectivity index (χ0n) is 19.2. The maximum absolute atomic E-state index is 12.5. The molecule has 2 fully saturated rings. The molecule has 1 spiro atoms. The Balaban J connectivity index is 1.25. The third kappa shape index (κ3) is 5.22. The van der Waals surface area contributed by atoms with Crippen LogP contribution in [0.1, 0.15) is 47.4 Å². The molecular weight excluding hydrogens is 404 g/mol. The van der Waals surface area contributed by atoms with Crippen LogP contribution >= 0.6 is 0 Å². The van der Waals surface area contributed by atoms with E-state index >= 15 is 0 Å². The summed E-state index contributed by atoms with van der Waals surface area (Å²) in [5.74, 6) is 0.842. The lowest BCUT2D eigenvalue weighted by atomic mass is 9.88. The van der Waals surface area contributed by atoms with Gasteiger partial charge in [-0.2, -0.15) is 5.10 Å². The summed E-state index contributed by atoms with van der Waals surface area (Å²) in [6.45, 7) is 9.58. The van der Waals surface area contributed by atoms with Gasteiger partial charge in [0, 0.05) is 38.8 Å². The Morgan fingerprint density at radius 2 is 2.12 bits per heavy atom. The third-order valence-electron chi connectivity index (χ3n) is 6.55. The van der Waals surface area contributed by atoms with E-state index in [4.69, 9.17) is 9.47 Å². The Labute approximate surface area is 190 Å². The maximum atomic E-state index is 12.5. The van der Waals surface area contributed by atoms with Gasteiger partial charge in [0.1, 0.15) is 18.1 Å². The van der Waals surface area contributed by atoms with E-state index in [1.807, 2.05) is 25.1 Å². The maximum Gasteiger partial charge on any atom is 0.269 e. The molecule has 2 aromatic rings. The number of nitrogens with one attached hydrogen (secondary N) is 1. The molecule has 1 amide bonds. The average molecular weight is 439 g/mol. The first-order valence-corrected chi connectivity index (χ1v) is 11.5. The van der Waals surface area contributed by atoms with Crippen molar-refractivity contribution in [1.29, 1.82) is 0 Å². The van der Waals surface area contributed by atoms with Gasteiger partial charge in [-0.3, -0.25) is 14.4 Å². The molecule has 1 aromatic carbocycles. The zero-order valence-corrected chi connectivity index (χ0v) is 19.2. The van der Waals surface area contributed by atoms with Crippen LogP contribution in [0.5, 0.6) is 5.75 Å². The number of para-hydroxylation sites is 1. The van der Waals surface area contributed by atoms with Crippen molar-refractivity contribution in [3.8, 4) is 5.75 Å². The molecule has 1 N–H and O–H groups in total. The number of aromatic nitrogens is 2. The van der Waals surface area contributed by atoms with Crippen molar-refractivity contribution < 1.29 is 14.3 Å². The minimum Gasteiger partial charge on any atom is -0.489 e. The lowest BCUT2D eigenvalue weighted by Gasteiger charge is -2.39. The summed E-state index contributed by atoms with van der Waals surface area (Å²) in [4.78, 5) is 14.9. The van der Waals surface area contributed by atoms with Crippen LogP contribution in [0, 0.1) is 6.92 Å². The second kappa shape index (κ2) is 9.88. The Hall–Kier alpha value is -2.64. The number of hydrogen-bond acceptors (Lipinski definition) is 5. The molecule has 2 saturated heterocycles. The zero-order chi connectivity index (χ0) is 22.6. The van der Waals surface area contributed by atoms with Gasteiger partial charge in [0.05, 0.1) is 17.4 Å². The Bertz CT molecular complexity index is 946. The molecule has 7 heteroatoms. The largest absolute Gasteiger partial charge is 0.489 e. The first-order valence-electron chi connectivity index (χ1n) is 11.5. The van der Waals surface area contributed by atoms with E-state index in [1.165, 1.54) is 5.56 Å². The SMILES string of the molecule is C=CCOc1ccccc1CN1CCC2(CCC(CNC(=O)c3cc(C)nn3C)O2)CC1. The number of likely N-dealkylation sites (tertiary alicyclic amines) is 1. The monoisotopic (exact) mass is 438 g/mol. The minimum absolute atomic E-state index is 0.0477. The fraction of sp³-hybridized carbons (Fsp3) is 0.520. The fourth-order valence-electron chi connectivity index (χ4n) is 4.81. The quantitative estimate of drug-likeness (QED) is 0.641. The van der Waals surface area contributed by atoms with Crippen molar-refractivity contribution >= 4 is 5.91 Å². The molecule has 1 atom stereocenters. The first kappa shape index (κ1) is 22.6. The molecule has 2 aliphatic rings. The summed E-state index contributed by atoms with van der Waals surface area (Å²) in [5, 5.41) is 7.27. The molecule has 172 valence electrons. The lowest BCUT2D eigenvalue weighted by molar-refractivity contribution is -0.0765. The summed E-state index contributed by atoms with van der Waals surface area (Å²) >= 11 is 0. The minimum atomic E-state index is -0.0928. The van der Waals surface area contributed by atoms with E-state index in [0.717, 1.165) is 56.8 Å². The lowest BCUT2D eigenvalue weighted by Crippen LogP contribution is -2.45. The second-order valence-corrected chi connectivity index (χ2v) is 8.95. The molecule has 3 heterocycles. The Morgan fingerprint density at radius 3 is 2.84 bits per heavy atom. The van der Waals surface area contributed by atoms with Gasteiger partial charge in [-0.15, -0.1) is 0 Å². The molecule has 0 bridgehead atoms. The molecule has 1 unspecified atom stereocenters. The fourth-order valence-corrected chi connectivity index (χ4v) is 4.81. The van der Waals surface area contributed by atoms with Crippen molar-refractivity contribution in [3.63, 3.8) is 0 Å². The number of piperidine rings is 1. The van der Waals surface area contributed by atoms with Gasteiger partial charge in [-0.1, -0.05) is 30.9 Å². The van der Waals surface area contributed by atoms with Crippen LogP contribution in [0.3, 0.4) is 0 Å². The normalized spacial score (nSPS) is 20.4. The van der Waals surface area contributed by atoms with Gasteiger partial charge in [-0.05, 0) is 44.7 Å². The highest BCUT2D eigenvalue weighted by Gasteiger charge is 2.42. The van der Waals surface area contributed by atoms with Crippen LogP contribution in [-0.2, 0) is 18.3 Å². The number of nitrogens with zero attached hydrogens (tertiary/aromatic N) is 3. The van der Waals surface area contributed by atoms with Gasteiger partial charge in [-0.25, -0.2) is 0 Å². The molecular formula is C25H34N4O3. The molecule has 1 aromatic heterocycles. The predicted octanol–water partition coefficient (Wildman–Crippen LogP) is 3.24. The van der Waals surface area contributed by atoms with E-state index in [2.05, 4.69) is 34.0 Å². The highest BCUT2D eigenvalue weighted by atomic mass is 16.5. The highest BCUT2D eigenvalue weighted by molar-refractivity contribution is 5.92. The summed E-state index contributed by atoms with van der Waals surface area (Å²) in [5.41, 5.74) is 2.59. The summed E-state index contributed by atoms with van der Waals surface area (Å²) in [7, 11) is 1.79. The first-order chi connectivity index (χ1) is 15.5. The van der Waals surface area contributed by atoms with Crippen LogP contribution in [0.2, 0.25) is 0 Å². The van der Waals surface area contributed by atoms with Crippen molar-refractivity contribution in [3.05, 3.63) is 59.9 Å². The van der Waals surface area contributed by atoms with E-state index in [1.54, 1.807) is 17.8 Å². The summed E-state index contributed by atoms with van der Waals surface area (Å²) < 4.78 is 13.9. The smallest absolute Gasteiger partial charge is 0.269 e. The Morgan fingerprint density at radius 1 is 1.34 bits per heavy atom. The molecule has 0 saturated carbocycles. The van der Waals surface area contributed by atoms with E-state index < -0.39 is 0 Å². The predicted molar refractivity (Wildman–Crippen MR) is 124 cm³/mol. The summed E-state index contributed by atoms with van der Waals surface area (Å²) in [6.07, 6.45) is 5.94. The highest BCUT2D eigenvalue weighted by Crippen LogP contribution is 2.39. The second-order valence-electron chi connectivity index (χ2n) is 8.95. The number of ether oxygens (including phenoxy) is 2. The van der Waals surface area contributed by atoms with Crippen LogP contribution < -0.4 is 10.1 Å². The van der Waals surface area contributed by atoms with E-state index in [9.17, 15) is 4.79 Å². The number of carbonyl (C=O) groups is 1. The van der Waals surface area contributed by atoms with Crippen molar-refractivity contribution in [1.82, 2.24) is 20.0 Å². The van der Waals surface area contributed by atoms with E-state index in [0.29, 0.717) is 18.8 Å². The van der Waals surface area contributed by atoms with Crippen LogP contribution in [-0.4, -0.2) is 58.5 Å². The standard InChI is InChI=1S/C25H34N4O3/c1-4-15-31-23-8-6-5-7-20(23)18-29-13-11-25(12-14-29)10-9-21(32-25)17-26-24(30)22-16-19(2)27-28(22)3/h4-8,16,21H,1,9-15,17-18H2,2-3H3,(H,26,30). The molecule has 0 radical (unpaired) electrons. The van der Waals surface area contributed by atoms with Crippen molar-refractivity contribution in [2.24, 2.45) is 7.05 Å². The number of carbonyl (C=O) groups excluding carboxylic acids is 1. The topological polar surface area (TPSA) is 68.6 Å². The van der Waals surface area contributed by atoms with Gasteiger partial charge >= 0.3 is 0 Å². The Kier molecular flexibility index (Phi) is 6.96. The van der Waals surface area contributed by atoms with Gasteiger partial charge in [0.2, 0.25) is 0 Å². The molecule has 7 nitrogen and oxygen atoms in total. The van der Waals surface area contributed by atoms with Crippen LogP contribution in [0.15, 0.2) is 43.0 Å². The van der Waals surface area contributed by atoms with Crippen molar-refractivity contribution in [2.75, 3.05) is 26.2 Å². The molecule has 0 aliphatic carbocycles. The van der Waals surface area contributed by atoms with Gasteiger partial charge < -0.3 is 14.8 Å². The van der Waals surface area contributed by atoms with Gasteiger partial charge in [0.25, 0.3) is 5.91 Å². The van der Waals surface area contributed by atoms with Crippen LogP contribution in [0.4, 0.5) is 0 Å². The van der Waals surface area contributed by atoms with Gasteiger partial charge in [0.15, 0.2) is 0 Å². The number of rotatable bonds is 8. The number of hydrogen-bond donors (Lipinski definition) is 1. The average Bonchev–Trinajstić information content (AvgIpc) is 3.35. The number of benzene rings is 1. The van der Waals surface area contributed by atoms with Crippen LogP contribution in [0.25, 0.3) is 0 Å². The third-order valence-corrected chi connectivity index (χ3v) is 6.55. The molecule has 32 heavy (non-hydrogen) atoms. The molecule has 2 aliphatic heterocycles. The van der Waals surface area contributed by atoms with Crippen molar-refractivity contribution in [2.45, 2.75) is 50.9 Å². The number of aryl methyl sites for hydroxylation is 2. The summed E-state index contributed by atoms with van der Waals surface area (Å²) in [6, 6.07) is 10.0. The molecule has 4 rings (SSSR count). The van der Waals surface area contributed by atoms with E-state index in [-0.39, 0.29) is 17.6 Å². The number of amides is 1.